The third-order valence-electron chi connectivity index (χ3n) is 1.09. The molecular formula is C7H12O3. The van der Waals surface area contributed by atoms with Crippen LogP contribution in [0.4, 0.5) is 0 Å². The molecule has 0 saturated carbocycles. The summed E-state index contributed by atoms with van der Waals surface area (Å²) < 4.78 is 0. The van der Waals surface area contributed by atoms with Crippen LogP contribution in [0.3, 0.4) is 0 Å². The van der Waals surface area contributed by atoms with Gasteiger partial charge in [-0.25, -0.2) is 0 Å². The summed E-state index contributed by atoms with van der Waals surface area (Å²) in [5, 5.41) is 17.6. The molecule has 2 N–H and O–H groups in total. The zero-order valence-corrected chi connectivity index (χ0v) is 5.95. The van der Waals surface area contributed by atoms with Crippen LogP contribution in [0.25, 0.3) is 0 Å². The number of rotatable bonds is 4. The van der Waals surface area contributed by atoms with Crippen molar-refractivity contribution in [3.8, 4) is 0 Å². The zero-order chi connectivity index (χ0) is 8.15. The summed E-state index contributed by atoms with van der Waals surface area (Å²) in [6.07, 6.45) is -0.630. The third kappa shape index (κ3) is 3.37. The molecule has 10 heavy (non-hydrogen) atoms. The van der Waals surface area contributed by atoms with Crippen molar-refractivity contribution in [2.45, 2.75) is 25.6 Å². The predicted molar refractivity (Wildman–Crippen MR) is 37.5 cm³/mol. The van der Waals surface area contributed by atoms with Gasteiger partial charge in [0.15, 0.2) is 5.78 Å². The Balaban J connectivity index is 3.72. The molecular weight excluding hydrogens is 132 g/mol. The number of carbonyl (C=O) groups is 1. The Hall–Kier alpha value is -0.670. The normalized spacial score (nSPS) is 15.9. The van der Waals surface area contributed by atoms with E-state index >= 15 is 0 Å². The lowest BCUT2D eigenvalue weighted by atomic mass is 10.1. The maximum atomic E-state index is 10.6. The first-order valence-corrected chi connectivity index (χ1v) is 3.10. The fourth-order valence-corrected chi connectivity index (χ4v) is 0.575. The first kappa shape index (κ1) is 9.33. The molecule has 0 saturated heterocycles. The summed E-state index contributed by atoms with van der Waals surface area (Å²) in [7, 11) is 0. The second kappa shape index (κ2) is 4.19. The van der Waals surface area contributed by atoms with Gasteiger partial charge in [-0.3, -0.25) is 4.79 Å². The first-order valence-electron chi connectivity index (χ1n) is 3.10. The van der Waals surface area contributed by atoms with Gasteiger partial charge in [0.05, 0.1) is 6.10 Å². The number of carbonyl (C=O) groups excluding carboxylic acids is 1. The van der Waals surface area contributed by atoms with E-state index in [-0.39, 0.29) is 6.42 Å². The van der Waals surface area contributed by atoms with Crippen LogP contribution in [-0.4, -0.2) is 28.2 Å². The highest BCUT2D eigenvalue weighted by Crippen LogP contribution is 1.98. The van der Waals surface area contributed by atoms with E-state index in [4.69, 9.17) is 10.2 Å². The SMILES string of the molecule is C=CC(=O)C(O)CC(C)O. The van der Waals surface area contributed by atoms with Gasteiger partial charge in [-0.2, -0.15) is 0 Å². The van der Waals surface area contributed by atoms with Crippen LogP contribution in [0.1, 0.15) is 13.3 Å². The minimum absolute atomic E-state index is 0.0743. The first-order chi connectivity index (χ1) is 4.57. The van der Waals surface area contributed by atoms with E-state index in [2.05, 4.69) is 6.58 Å². The summed E-state index contributed by atoms with van der Waals surface area (Å²) in [6, 6.07) is 0. The van der Waals surface area contributed by atoms with Crippen LogP contribution >= 0.6 is 0 Å². The number of hydrogen-bond acceptors (Lipinski definition) is 3. The molecule has 58 valence electrons. The third-order valence-corrected chi connectivity index (χ3v) is 1.09. The molecule has 3 nitrogen and oxygen atoms in total. The summed E-state index contributed by atoms with van der Waals surface area (Å²) >= 11 is 0. The zero-order valence-electron chi connectivity index (χ0n) is 5.95. The molecule has 0 spiro atoms. The number of aliphatic hydroxyl groups excluding tert-OH is 2. The van der Waals surface area contributed by atoms with Crippen molar-refractivity contribution in [2.24, 2.45) is 0 Å². The van der Waals surface area contributed by atoms with Gasteiger partial charge in [0.1, 0.15) is 6.10 Å². The van der Waals surface area contributed by atoms with E-state index in [0.717, 1.165) is 6.08 Å². The predicted octanol–water partition coefficient (Wildman–Crippen LogP) is -0.127. The number of hydrogen-bond donors (Lipinski definition) is 2. The van der Waals surface area contributed by atoms with Crippen LogP contribution in [0.2, 0.25) is 0 Å². The fourth-order valence-electron chi connectivity index (χ4n) is 0.575. The quantitative estimate of drug-likeness (QED) is 0.540. The van der Waals surface area contributed by atoms with Gasteiger partial charge in [0, 0.05) is 6.42 Å². The highest BCUT2D eigenvalue weighted by Gasteiger charge is 2.13. The Morgan fingerprint density at radius 3 is 2.50 bits per heavy atom. The van der Waals surface area contributed by atoms with Gasteiger partial charge in [-0.05, 0) is 13.0 Å². The maximum absolute atomic E-state index is 10.6. The van der Waals surface area contributed by atoms with Crippen LogP contribution < -0.4 is 0 Å². The minimum atomic E-state index is -1.10. The Labute approximate surface area is 60.0 Å². The minimum Gasteiger partial charge on any atom is -0.393 e. The van der Waals surface area contributed by atoms with Gasteiger partial charge in [-0.15, -0.1) is 0 Å². The van der Waals surface area contributed by atoms with Crippen molar-refractivity contribution in [1.82, 2.24) is 0 Å². The smallest absolute Gasteiger partial charge is 0.183 e. The molecule has 2 atom stereocenters. The van der Waals surface area contributed by atoms with Gasteiger partial charge in [0.2, 0.25) is 0 Å². The molecule has 3 heteroatoms. The Bertz CT molecular complexity index is 129. The van der Waals surface area contributed by atoms with Crippen LogP contribution in [0.5, 0.6) is 0 Å². The lowest BCUT2D eigenvalue weighted by Crippen LogP contribution is -2.22. The van der Waals surface area contributed by atoms with E-state index in [1.54, 1.807) is 0 Å². The maximum Gasteiger partial charge on any atom is 0.183 e. The Kier molecular flexibility index (Phi) is 3.91. The van der Waals surface area contributed by atoms with Gasteiger partial charge >= 0.3 is 0 Å². The molecule has 0 radical (unpaired) electrons. The standard InChI is InChI=1S/C7H12O3/c1-3-6(9)7(10)4-5(2)8/h3,5,7-8,10H,1,4H2,2H3. The second-order valence-electron chi connectivity index (χ2n) is 2.21. The Morgan fingerprint density at radius 2 is 2.20 bits per heavy atom. The molecule has 0 aromatic rings. The van der Waals surface area contributed by atoms with Crippen LogP contribution in [0.15, 0.2) is 12.7 Å². The van der Waals surface area contributed by atoms with E-state index in [1.165, 1.54) is 6.92 Å². The average Bonchev–Trinajstić information content (AvgIpc) is 1.85. The molecule has 0 aliphatic carbocycles. The highest BCUT2D eigenvalue weighted by molar-refractivity contribution is 5.92. The van der Waals surface area contributed by atoms with Gasteiger partial charge in [-0.1, -0.05) is 6.58 Å². The summed E-state index contributed by atoms with van der Waals surface area (Å²) in [5.41, 5.74) is 0. The average molecular weight is 144 g/mol. The molecule has 0 aliphatic heterocycles. The lowest BCUT2D eigenvalue weighted by molar-refractivity contribution is -0.123. The van der Waals surface area contributed by atoms with Crippen molar-refractivity contribution in [2.75, 3.05) is 0 Å². The second-order valence-corrected chi connectivity index (χ2v) is 2.21. The molecule has 0 amide bonds. The van der Waals surface area contributed by atoms with E-state index < -0.39 is 18.0 Å². The molecule has 0 aromatic carbocycles. The van der Waals surface area contributed by atoms with Crippen molar-refractivity contribution < 1.29 is 15.0 Å². The molecule has 0 bridgehead atoms. The largest absolute Gasteiger partial charge is 0.393 e. The van der Waals surface area contributed by atoms with Crippen molar-refractivity contribution in [3.63, 3.8) is 0 Å². The summed E-state index contributed by atoms with van der Waals surface area (Å²) in [4.78, 5) is 10.6. The monoisotopic (exact) mass is 144 g/mol. The highest BCUT2D eigenvalue weighted by atomic mass is 16.3. The van der Waals surface area contributed by atoms with Gasteiger partial charge < -0.3 is 10.2 Å². The van der Waals surface area contributed by atoms with Crippen LogP contribution in [0, 0.1) is 0 Å². The van der Waals surface area contributed by atoms with E-state index in [0.29, 0.717) is 0 Å². The van der Waals surface area contributed by atoms with Crippen molar-refractivity contribution in [3.05, 3.63) is 12.7 Å². The Morgan fingerprint density at radius 1 is 1.70 bits per heavy atom. The van der Waals surface area contributed by atoms with E-state index in [9.17, 15) is 4.79 Å². The fraction of sp³-hybridized carbons (Fsp3) is 0.571. The van der Waals surface area contributed by atoms with Crippen molar-refractivity contribution >= 4 is 5.78 Å². The summed E-state index contributed by atoms with van der Waals surface area (Å²) in [5.74, 6) is -0.444. The molecule has 0 rings (SSSR count). The molecule has 0 aromatic heterocycles. The molecule has 2 unspecified atom stereocenters. The lowest BCUT2D eigenvalue weighted by Gasteiger charge is -2.07. The molecule has 0 fully saturated rings. The van der Waals surface area contributed by atoms with Crippen molar-refractivity contribution in [1.29, 1.82) is 0 Å². The van der Waals surface area contributed by atoms with E-state index in [1.807, 2.05) is 0 Å². The van der Waals surface area contributed by atoms with Crippen LogP contribution in [-0.2, 0) is 4.79 Å². The summed E-state index contributed by atoms with van der Waals surface area (Å²) in [6.45, 7) is 4.71. The number of aliphatic hydroxyl groups is 2. The van der Waals surface area contributed by atoms with Gasteiger partial charge in [0.25, 0.3) is 0 Å². The molecule has 0 aliphatic rings. The number of ketones is 1. The molecule has 0 heterocycles. The topological polar surface area (TPSA) is 57.5 Å².